The largest absolute Gasteiger partial charge is 0.106 e. The van der Waals surface area contributed by atoms with Crippen LogP contribution < -0.4 is 0 Å². The van der Waals surface area contributed by atoms with E-state index < -0.39 is 0 Å². The predicted octanol–water partition coefficient (Wildman–Crippen LogP) is 13.9. The quantitative estimate of drug-likeness (QED) is 0.228. The Morgan fingerprint density at radius 3 is 1.50 bits per heavy atom. The molecule has 224 valence electrons. The minimum absolute atomic E-state index is 0.863. The highest BCUT2D eigenvalue weighted by Crippen LogP contribution is 2.42. The summed E-state index contributed by atoms with van der Waals surface area (Å²) in [5, 5.41) is 0. The van der Waals surface area contributed by atoms with E-state index in [-0.39, 0.29) is 0 Å². The summed E-state index contributed by atoms with van der Waals surface area (Å²) < 4.78 is 0. The van der Waals surface area contributed by atoms with E-state index in [2.05, 4.69) is 72.4 Å². The minimum Gasteiger partial charge on any atom is -0.106 e. The van der Waals surface area contributed by atoms with Crippen molar-refractivity contribution in [3.63, 3.8) is 0 Å². The lowest BCUT2D eigenvalue weighted by molar-refractivity contribution is 0.163. The highest BCUT2D eigenvalue weighted by atomic mass is 14.3. The third-order valence-corrected chi connectivity index (χ3v) is 6.46. The van der Waals surface area contributed by atoms with Crippen LogP contribution in [-0.4, -0.2) is 0 Å². The molecule has 38 heavy (non-hydrogen) atoms. The molecule has 2 rings (SSSR count). The zero-order valence-electron chi connectivity index (χ0n) is 28.3. The maximum atomic E-state index is 3.87. The molecule has 0 amide bonds. The van der Waals surface area contributed by atoms with Crippen molar-refractivity contribution in [2.24, 2.45) is 23.7 Å². The number of rotatable bonds is 7. The molecule has 0 nitrogen and oxygen atoms in total. The molecule has 0 spiro atoms. The Kier molecular flexibility index (Phi) is 45.2. The van der Waals surface area contributed by atoms with Gasteiger partial charge >= 0.3 is 0 Å². The van der Waals surface area contributed by atoms with Crippen LogP contribution in [0.4, 0.5) is 0 Å². The smallest absolute Gasteiger partial charge is 0.0231 e. The minimum atomic E-state index is 0.863. The van der Waals surface area contributed by atoms with E-state index in [0.29, 0.717) is 0 Å². The van der Waals surface area contributed by atoms with Gasteiger partial charge in [0.15, 0.2) is 0 Å². The van der Waals surface area contributed by atoms with Crippen molar-refractivity contribution in [2.75, 3.05) is 0 Å². The van der Waals surface area contributed by atoms with E-state index >= 15 is 0 Å². The first-order chi connectivity index (χ1) is 18.1. The molecule has 2 aliphatic carbocycles. The van der Waals surface area contributed by atoms with Crippen molar-refractivity contribution in [2.45, 2.75) is 134 Å². The Labute approximate surface area is 243 Å². The molecule has 0 bridgehead atoms. The second-order valence-electron chi connectivity index (χ2n) is 10.0. The van der Waals surface area contributed by atoms with Crippen LogP contribution in [0.5, 0.6) is 0 Å². The molecule has 0 N–H and O–H groups in total. The molecule has 0 atom stereocenters. The lowest BCUT2D eigenvalue weighted by Crippen LogP contribution is -2.25. The summed E-state index contributed by atoms with van der Waals surface area (Å²) in [6.07, 6.45) is 22.7. The summed E-state index contributed by atoms with van der Waals surface area (Å²) in [6, 6.07) is 0. The summed E-state index contributed by atoms with van der Waals surface area (Å²) in [5.41, 5.74) is 3.73. The van der Waals surface area contributed by atoms with Crippen LogP contribution in [0.15, 0.2) is 86.6 Å². The zero-order valence-corrected chi connectivity index (χ0v) is 28.3. The normalized spacial score (nSPS) is 20.4. The second kappa shape index (κ2) is 37.3. The molecule has 2 aliphatic rings. The molecule has 2 fully saturated rings. The predicted molar refractivity (Wildman–Crippen MR) is 185 cm³/mol. The Hall–Kier alpha value is -1.82. The van der Waals surface area contributed by atoms with Crippen LogP contribution in [0.2, 0.25) is 0 Å². The van der Waals surface area contributed by atoms with Gasteiger partial charge in [0.05, 0.1) is 0 Å². The standard InChI is InChI=1S/C14H24.C7H12.C6H10.C5H10.2C2H6.C2H4/c1-3-12-8-14(9-12)10-13-6-4-11(2)5-7-13;1-5-7(4)6(2)3;1-4-5-6(2)3;1-3-5-4-2;3*1-2/h3,11-14H,1,4-10H2,2H3;5H,2H2,1,3-4H3;4-5H,1H2,2-3H3;3H,1,4-5H2,2H3;2*1-2H3;1-2H2/b;7-5+;;;;;. The van der Waals surface area contributed by atoms with Crippen LogP contribution in [0, 0.1) is 23.7 Å². The number of unbranched alkanes of at least 4 members (excludes halogenated alkanes) is 1. The van der Waals surface area contributed by atoms with Crippen LogP contribution in [-0.2, 0) is 0 Å². The van der Waals surface area contributed by atoms with Gasteiger partial charge in [-0.3, -0.25) is 0 Å². The van der Waals surface area contributed by atoms with Crippen LogP contribution in [0.3, 0.4) is 0 Å². The van der Waals surface area contributed by atoms with Gasteiger partial charge in [-0.2, -0.15) is 0 Å². The summed E-state index contributed by atoms with van der Waals surface area (Å²) in [6.45, 7) is 43.4. The van der Waals surface area contributed by atoms with Crippen LogP contribution in [0.25, 0.3) is 0 Å². The topological polar surface area (TPSA) is 0 Å². The molecule has 0 unspecified atom stereocenters. The number of hydrogen-bond acceptors (Lipinski definition) is 0. The molecule has 0 aromatic carbocycles. The van der Waals surface area contributed by atoms with Crippen LogP contribution >= 0.6 is 0 Å². The van der Waals surface area contributed by atoms with Crippen molar-refractivity contribution >= 4 is 0 Å². The van der Waals surface area contributed by atoms with Crippen molar-refractivity contribution in [1.29, 1.82) is 0 Å². The van der Waals surface area contributed by atoms with Gasteiger partial charge in [0.25, 0.3) is 0 Å². The molecule has 0 saturated heterocycles. The lowest BCUT2D eigenvalue weighted by atomic mass is 9.68. The first kappa shape index (κ1) is 46.1. The van der Waals surface area contributed by atoms with Crippen LogP contribution in [0.1, 0.15) is 134 Å². The fraction of sp³-hybridized carbons (Fsp3) is 0.632. The zero-order chi connectivity index (χ0) is 30.9. The Balaban J connectivity index is -0.000000130. The Morgan fingerprint density at radius 2 is 1.29 bits per heavy atom. The van der Waals surface area contributed by atoms with Gasteiger partial charge in [0.1, 0.15) is 0 Å². The van der Waals surface area contributed by atoms with Gasteiger partial charge in [-0.15, -0.1) is 26.3 Å². The average Bonchev–Trinajstić information content (AvgIpc) is 2.91. The maximum Gasteiger partial charge on any atom is -0.0231 e. The monoisotopic (exact) mass is 529 g/mol. The third-order valence-electron chi connectivity index (χ3n) is 6.46. The first-order valence-corrected chi connectivity index (χ1v) is 15.4. The fourth-order valence-corrected chi connectivity index (χ4v) is 3.89. The van der Waals surface area contributed by atoms with E-state index in [4.69, 9.17) is 0 Å². The summed E-state index contributed by atoms with van der Waals surface area (Å²) in [5.74, 6) is 3.99. The van der Waals surface area contributed by atoms with Crippen molar-refractivity contribution < 1.29 is 0 Å². The lowest BCUT2D eigenvalue weighted by Gasteiger charge is -2.37. The van der Waals surface area contributed by atoms with Crippen molar-refractivity contribution in [3.8, 4) is 0 Å². The van der Waals surface area contributed by atoms with E-state index in [1.54, 1.807) is 6.08 Å². The SMILES string of the molecule is C=C.C=C(C)/C(C)=C/C.C=CC1CC(CC2CCC(C)CC2)C1.C=CC=C(C)C.C=CCCC.CC.CC. The van der Waals surface area contributed by atoms with Crippen molar-refractivity contribution in [1.82, 2.24) is 0 Å². The summed E-state index contributed by atoms with van der Waals surface area (Å²) in [4.78, 5) is 0. The molecular weight excluding hydrogens is 456 g/mol. The van der Waals surface area contributed by atoms with Gasteiger partial charge < -0.3 is 0 Å². The van der Waals surface area contributed by atoms with Gasteiger partial charge in [-0.1, -0.05) is 134 Å². The third kappa shape index (κ3) is 34.2. The fourth-order valence-electron chi connectivity index (χ4n) is 3.89. The molecule has 2 saturated carbocycles. The van der Waals surface area contributed by atoms with E-state index in [9.17, 15) is 0 Å². The second-order valence-corrected chi connectivity index (χ2v) is 10.0. The van der Waals surface area contributed by atoms with E-state index in [1.165, 1.54) is 62.5 Å². The average molecular weight is 529 g/mol. The van der Waals surface area contributed by atoms with Crippen molar-refractivity contribution in [3.05, 3.63) is 86.6 Å². The first-order valence-electron chi connectivity index (χ1n) is 15.4. The molecule has 0 heterocycles. The highest BCUT2D eigenvalue weighted by molar-refractivity contribution is 5.22. The van der Waals surface area contributed by atoms with Gasteiger partial charge in [0.2, 0.25) is 0 Å². The molecule has 0 radical (unpaired) electrons. The van der Waals surface area contributed by atoms with Gasteiger partial charge in [-0.05, 0) is 84.0 Å². The molecule has 0 aliphatic heterocycles. The molecule has 0 aromatic heterocycles. The Bertz CT molecular complexity index is 567. The maximum absolute atomic E-state index is 3.87. The molecular formula is C38H72. The summed E-state index contributed by atoms with van der Waals surface area (Å²) >= 11 is 0. The number of allylic oxidation sites excluding steroid dienone is 8. The highest BCUT2D eigenvalue weighted by Gasteiger charge is 2.30. The van der Waals surface area contributed by atoms with E-state index in [0.717, 1.165) is 35.7 Å². The van der Waals surface area contributed by atoms with Gasteiger partial charge in [0, 0.05) is 0 Å². The summed E-state index contributed by atoms with van der Waals surface area (Å²) in [7, 11) is 0. The molecule has 0 aromatic rings. The Morgan fingerprint density at radius 1 is 0.816 bits per heavy atom. The van der Waals surface area contributed by atoms with Gasteiger partial charge in [-0.25, -0.2) is 0 Å². The van der Waals surface area contributed by atoms with E-state index in [1.807, 2.05) is 67.5 Å². The number of hydrogen-bond donors (Lipinski definition) is 0. The molecule has 0 heteroatoms.